The highest BCUT2D eigenvalue weighted by molar-refractivity contribution is 6.84. The highest BCUT2D eigenvalue weighted by Gasteiger charge is 2.22. The van der Waals surface area contributed by atoms with Crippen LogP contribution in [0.2, 0.25) is 39.3 Å². The first-order valence-corrected chi connectivity index (χ1v) is 42.8. The standard InChI is InChI=1S/C90H102O4Si2/c1-11-15-19-23-27-31-35-73-63-83(87(89(91)92)85(65-73)77-53-43-71(44-54-77)59-61-95(5,6)7)75-49-39-69(40-50-75)47-57-81-67-80(38-34-30-26-22-18-14-4)82(68-79(81)37-33-29-25-21-17-13-3)58-48-70-41-51-76(52-42-70)84-64-74(36-32-28-24-20-16-12-2)66-86(88(84)90(93)94)78-55-45-72(46-56-78)60-62-96(8,9)10/h39-46,49-56,63-68H,11-30,33-34,37-38H2,1-10H3,(H,91,92)(H,93,94). The minimum atomic E-state index is -1.59. The molecular formula is C90H102O4Si2. The lowest BCUT2D eigenvalue weighted by atomic mass is 9.89. The monoisotopic (exact) mass is 1300 g/mol. The number of carboxylic acid groups (broad SMARTS) is 2. The molecule has 0 unspecified atom stereocenters. The normalized spacial score (nSPS) is 10.9. The summed E-state index contributed by atoms with van der Waals surface area (Å²) in [6.45, 7) is 22.3. The van der Waals surface area contributed by atoms with Gasteiger partial charge in [-0.3, -0.25) is 0 Å². The van der Waals surface area contributed by atoms with Crippen LogP contribution < -0.4 is 0 Å². The maximum atomic E-state index is 13.5. The van der Waals surface area contributed by atoms with Gasteiger partial charge in [0, 0.05) is 57.3 Å². The van der Waals surface area contributed by atoms with Gasteiger partial charge >= 0.3 is 11.9 Å². The van der Waals surface area contributed by atoms with Crippen LogP contribution in [0.5, 0.6) is 0 Å². The first-order chi connectivity index (χ1) is 46.4. The van der Waals surface area contributed by atoms with E-state index in [1.165, 1.54) is 75.3 Å². The van der Waals surface area contributed by atoms with Gasteiger partial charge in [0.25, 0.3) is 0 Å². The third kappa shape index (κ3) is 24.5. The van der Waals surface area contributed by atoms with E-state index >= 15 is 0 Å². The van der Waals surface area contributed by atoms with E-state index < -0.39 is 28.1 Å². The summed E-state index contributed by atoms with van der Waals surface area (Å²) in [6, 6.07) is 44.2. The van der Waals surface area contributed by atoms with Crippen LogP contribution in [-0.2, 0) is 12.8 Å². The first-order valence-electron chi connectivity index (χ1n) is 35.8. The zero-order chi connectivity index (χ0) is 68.7. The molecule has 6 heteroatoms. The van der Waals surface area contributed by atoms with Crippen molar-refractivity contribution < 1.29 is 19.8 Å². The van der Waals surface area contributed by atoms with Crippen molar-refractivity contribution in [3.8, 4) is 115 Å². The van der Waals surface area contributed by atoms with Crippen LogP contribution in [0.3, 0.4) is 0 Å². The van der Waals surface area contributed by atoms with Gasteiger partial charge in [-0.25, -0.2) is 9.59 Å². The van der Waals surface area contributed by atoms with Gasteiger partial charge < -0.3 is 10.2 Å². The minimum Gasteiger partial charge on any atom is -0.478 e. The molecule has 494 valence electrons. The zero-order valence-electron chi connectivity index (χ0n) is 59.4. The summed E-state index contributed by atoms with van der Waals surface area (Å²) < 4.78 is 0. The molecule has 7 aromatic rings. The van der Waals surface area contributed by atoms with E-state index in [0.29, 0.717) is 22.3 Å². The Morgan fingerprint density at radius 1 is 0.312 bits per heavy atom. The molecule has 0 atom stereocenters. The van der Waals surface area contributed by atoms with Crippen molar-refractivity contribution in [1.82, 2.24) is 0 Å². The van der Waals surface area contributed by atoms with Crippen LogP contribution in [0.25, 0.3) is 44.5 Å². The highest BCUT2D eigenvalue weighted by Crippen LogP contribution is 2.37. The van der Waals surface area contributed by atoms with Gasteiger partial charge in [0.15, 0.2) is 0 Å². The molecule has 0 fully saturated rings. The predicted molar refractivity (Wildman–Crippen MR) is 413 cm³/mol. The largest absolute Gasteiger partial charge is 0.478 e. The second kappa shape index (κ2) is 38.7. The fourth-order valence-corrected chi connectivity index (χ4v) is 12.7. The van der Waals surface area contributed by atoms with E-state index in [1.807, 2.05) is 121 Å². The second-order valence-electron chi connectivity index (χ2n) is 27.7. The van der Waals surface area contributed by atoms with E-state index in [4.69, 9.17) is 0 Å². The molecule has 4 nitrogen and oxygen atoms in total. The Balaban J connectivity index is 1.27. The summed E-state index contributed by atoms with van der Waals surface area (Å²) >= 11 is 0. The third-order valence-electron chi connectivity index (χ3n) is 17.0. The number of carboxylic acids is 2. The number of aromatic carboxylic acids is 2. The lowest BCUT2D eigenvalue weighted by molar-refractivity contribution is 0.0687. The van der Waals surface area contributed by atoms with Crippen molar-refractivity contribution in [2.24, 2.45) is 0 Å². The molecule has 0 spiro atoms. The van der Waals surface area contributed by atoms with Crippen LogP contribution in [0, 0.1) is 70.3 Å². The fraction of sp³-hybridized carbons (Fsp3) is 0.378. The fourth-order valence-electron chi connectivity index (χ4n) is 11.7. The second-order valence-corrected chi connectivity index (χ2v) is 37.2. The maximum absolute atomic E-state index is 13.5. The highest BCUT2D eigenvalue weighted by atomic mass is 28.3. The Morgan fingerprint density at radius 3 is 0.865 bits per heavy atom. The van der Waals surface area contributed by atoms with Crippen LogP contribution in [-0.4, -0.2) is 38.3 Å². The third-order valence-corrected chi connectivity index (χ3v) is 18.8. The van der Waals surface area contributed by atoms with Crippen LogP contribution >= 0.6 is 0 Å². The van der Waals surface area contributed by atoms with Crippen molar-refractivity contribution in [1.29, 1.82) is 0 Å². The molecule has 0 saturated heterocycles. The predicted octanol–water partition coefficient (Wildman–Crippen LogP) is 23.5. The average molecular weight is 1300 g/mol. The van der Waals surface area contributed by atoms with Gasteiger partial charge in [-0.1, -0.05) is 277 Å². The minimum absolute atomic E-state index is 0.237. The van der Waals surface area contributed by atoms with Gasteiger partial charge in [0.1, 0.15) is 16.1 Å². The van der Waals surface area contributed by atoms with Crippen molar-refractivity contribution in [2.45, 2.75) is 221 Å². The molecule has 0 aliphatic rings. The molecule has 0 aliphatic heterocycles. The average Bonchev–Trinajstić information content (AvgIpc) is 0.789. The smallest absolute Gasteiger partial charge is 0.336 e. The molecule has 0 saturated carbocycles. The number of aryl methyl sites for hydroxylation is 2. The Hall–Kier alpha value is -8.73. The van der Waals surface area contributed by atoms with E-state index in [2.05, 4.69) is 149 Å². The molecule has 96 heavy (non-hydrogen) atoms. The zero-order valence-corrected chi connectivity index (χ0v) is 61.4. The summed E-state index contributed by atoms with van der Waals surface area (Å²) in [5, 5.41) is 22.0. The molecule has 2 N–H and O–H groups in total. The molecule has 0 aliphatic carbocycles. The molecule has 0 aromatic heterocycles. The van der Waals surface area contributed by atoms with Crippen LogP contribution in [0.1, 0.15) is 245 Å². The summed E-state index contributed by atoms with van der Waals surface area (Å²) in [4.78, 5) is 26.9. The van der Waals surface area contributed by atoms with Crippen LogP contribution in [0.15, 0.2) is 133 Å². The summed E-state index contributed by atoms with van der Waals surface area (Å²) in [6.07, 6.45) is 26.6. The molecule has 0 heterocycles. The van der Waals surface area contributed by atoms with Gasteiger partial charge in [-0.15, -0.1) is 11.1 Å². The van der Waals surface area contributed by atoms with Gasteiger partial charge in [-0.2, -0.15) is 0 Å². The molecular weight excluding hydrogens is 1200 g/mol. The van der Waals surface area contributed by atoms with E-state index in [-0.39, 0.29) is 11.1 Å². The summed E-state index contributed by atoms with van der Waals surface area (Å²) in [5.74, 6) is 32.7. The first kappa shape index (κ1) is 74.7. The quantitative estimate of drug-likeness (QED) is 0.0291. The topological polar surface area (TPSA) is 74.6 Å². The Bertz CT molecular complexity index is 3870. The van der Waals surface area contributed by atoms with Gasteiger partial charge in [0.2, 0.25) is 0 Å². The van der Waals surface area contributed by atoms with E-state index in [9.17, 15) is 19.8 Å². The van der Waals surface area contributed by atoms with Crippen molar-refractivity contribution >= 4 is 28.1 Å². The number of rotatable bonds is 28. The Kier molecular flexibility index (Phi) is 30.1. The molecule has 7 rings (SSSR count). The van der Waals surface area contributed by atoms with Gasteiger partial charge in [0.05, 0.1) is 11.1 Å². The molecule has 0 amide bonds. The van der Waals surface area contributed by atoms with Gasteiger partial charge in [-0.05, 0) is 179 Å². The SMILES string of the molecule is CCCCCCC#Cc1cc(-c2ccc(C#Cc3cc(CCCCCCCC)c(C#Cc4ccc(-c5cc(C#CCCCCCC)cc(-c6ccc(C#C[Si](C)(C)C)cc6)c5C(=O)O)cc4)cc3CCCCCCCC)cc2)c(C(=O)O)c(-c2ccc(C#C[Si](C)(C)C)cc2)c1. The van der Waals surface area contributed by atoms with Crippen LogP contribution in [0.4, 0.5) is 0 Å². The van der Waals surface area contributed by atoms with Crippen molar-refractivity contribution in [2.75, 3.05) is 0 Å². The number of unbranched alkanes of at least 4 members (excludes halogenated alkanes) is 18. The van der Waals surface area contributed by atoms with E-state index in [0.717, 1.165) is 157 Å². The van der Waals surface area contributed by atoms with E-state index in [1.54, 1.807) is 0 Å². The lowest BCUT2D eigenvalue weighted by Gasteiger charge is -2.14. The maximum Gasteiger partial charge on any atom is 0.336 e. The summed E-state index contributed by atoms with van der Waals surface area (Å²) in [5.41, 5.74) is 22.5. The van der Waals surface area contributed by atoms with Crippen molar-refractivity contribution in [3.63, 3.8) is 0 Å². The number of benzene rings is 7. The number of hydrogen-bond acceptors (Lipinski definition) is 2. The number of hydrogen-bond donors (Lipinski definition) is 2. The summed E-state index contributed by atoms with van der Waals surface area (Å²) in [7, 11) is -3.19. The molecule has 7 aromatic carbocycles. The molecule has 0 radical (unpaired) electrons. The van der Waals surface area contributed by atoms with Crippen molar-refractivity contribution in [3.05, 3.63) is 200 Å². The molecule has 0 bridgehead atoms. The lowest BCUT2D eigenvalue weighted by Crippen LogP contribution is -2.16. The number of carbonyl (C=O) groups is 2. The Morgan fingerprint density at radius 2 is 0.583 bits per heavy atom. The Labute approximate surface area is 580 Å².